The van der Waals surface area contributed by atoms with Crippen molar-refractivity contribution < 1.29 is 9.18 Å². The van der Waals surface area contributed by atoms with Crippen molar-refractivity contribution in [1.29, 1.82) is 0 Å². The number of pyridine rings is 1. The predicted octanol–water partition coefficient (Wildman–Crippen LogP) is 3.25. The Kier molecular flexibility index (Phi) is 6.34. The fourth-order valence-electron chi connectivity index (χ4n) is 3.64. The number of amides is 1. The molecule has 3 rings (SSSR count). The zero-order valence-corrected chi connectivity index (χ0v) is 15.3. The fourth-order valence-corrected chi connectivity index (χ4v) is 3.64. The van der Waals surface area contributed by atoms with Crippen LogP contribution >= 0.6 is 0 Å². The van der Waals surface area contributed by atoms with E-state index < -0.39 is 0 Å². The van der Waals surface area contributed by atoms with Gasteiger partial charge in [-0.2, -0.15) is 0 Å². The van der Waals surface area contributed by atoms with Gasteiger partial charge >= 0.3 is 0 Å². The van der Waals surface area contributed by atoms with E-state index in [-0.39, 0.29) is 11.7 Å². The molecule has 0 N–H and O–H groups in total. The summed E-state index contributed by atoms with van der Waals surface area (Å²) in [6.07, 6.45) is 4.61. The van der Waals surface area contributed by atoms with Gasteiger partial charge < -0.3 is 9.80 Å². The lowest BCUT2D eigenvalue weighted by Crippen LogP contribution is -2.42. The van der Waals surface area contributed by atoms with Crippen LogP contribution in [0.3, 0.4) is 0 Å². The molecule has 1 aromatic carbocycles. The Morgan fingerprint density at radius 3 is 2.85 bits per heavy atom. The van der Waals surface area contributed by atoms with Crippen LogP contribution in [0.4, 0.5) is 4.39 Å². The second-order valence-corrected chi connectivity index (χ2v) is 7.05. The number of aromatic nitrogens is 1. The number of hydrogen-bond acceptors (Lipinski definition) is 3. The number of rotatable bonds is 6. The van der Waals surface area contributed by atoms with Gasteiger partial charge in [-0.25, -0.2) is 4.39 Å². The van der Waals surface area contributed by atoms with Crippen molar-refractivity contribution in [2.45, 2.75) is 19.3 Å². The molecule has 0 bridgehead atoms. The summed E-state index contributed by atoms with van der Waals surface area (Å²) < 4.78 is 13.8. The van der Waals surface area contributed by atoms with Gasteiger partial charge in [-0.15, -0.1) is 0 Å². The Bertz CT molecular complexity index is 722. The van der Waals surface area contributed by atoms with E-state index in [0.717, 1.165) is 51.0 Å². The first kappa shape index (κ1) is 18.5. The minimum Gasteiger partial charge on any atom is -0.340 e. The van der Waals surface area contributed by atoms with Gasteiger partial charge in [0.05, 0.1) is 0 Å². The second kappa shape index (κ2) is 8.90. The molecule has 0 saturated carbocycles. The average molecular weight is 355 g/mol. The Hall–Kier alpha value is -2.27. The van der Waals surface area contributed by atoms with Crippen LogP contribution in [0.5, 0.6) is 0 Å². The van der Waals surface area contributed by atoms with Gasteiger partial charge in [0, 0.05) is 32.9 Å². The maximum absolute atomic E-state index is 13.8. The number of likely N-dealkylation sites (tertiary alicyclic amines) is 1. The third kappa shape index (κ3) is 4.88. The highest BCUT2D eigenvalue weighted by Crippen LogP contribution is 2.19. The van der Waals surface area contributed by atoms with E-state index in [0.29, 0.717) is 11.6 Å². The lowest BCUT2D eigenvalue weighted by atomic mass is 9.97. The zero-order valence-electron chi connectivity index (χ0n) is 15.3. The molecule has 1 aliphatic heterocycles. The highest BCUT2D eigenvalue weighted by molar-refractivity contribution is 5.92. The molecule has 0 spiro atoms. The van der Waals surface area contributed by atoms with Crippen molar-refractivity contribution in [2.75, 3.05) is 33.2 Å². The molecule has 1 fully saturated rings. The summed E-state index contributed by atoms with van der Waals surface area (Å²) in [4.78, 5) is 20.8. The summed E-state index contributed by atoms with van der Waals surface area (Å²) in [5.74, 6) is 0.290. The minimum atomic E-state index is -0.123. The number of carbonyl (C=O) groups is 1. The van der Waals surface area contributed by atoms with E-state index in [1.807, 2.05) is 31.3 Å². The molecule has 138 valence electrons. The van der Waals surface area contributed by atoms with Crippen molar-refractivity contribution >= 4 is 5.91 Å². The average Bonchev–Trinajstić information content (AvgIpc) is 2.68. The van der Waals surface area contributed by atoms with E-state index in [1.54, 1.807) is 23.2 Å². The van der Waals surface area contributed by atoms with Crippen LogP contribution in [-0.4, -0.2) is 53.9 Å². The lowest BCUT2D eigenvalue weighted by molar-refractivity contribution is 0.0724. The predicted molar refractivity (Wildman–Crippen MR) is 100 cm³/mol. The highest BCUT2D eigenvalue weighted by atomic mass is 19.1. The van der Waals surface area contributed by atoms with Crippen molar-refractivity contribution in [3.8, 4) is 0 Å². The summed E-state index contributed by atoms with van der Waals surface area (Å²) in [6, 6.07) is 12.4. The number of piperidine rings is 1. The van der Waals surface area contributed by atoms with Crippen LogP contribution in [0.15, 0.2) is 48.7 Å². The lowest BCUT2D eigenvalue weighted by Gasteiger charge is -2.34. The van der Waals surface area contributed by atoms with Crippen LogP contribution in [0, 0.1) is 11.7 Å². The van der Waals surface area contributed by atoms with Crippen LogP contribution in [0.2, 0.25) is 0 Å². The highest BCUT2D eigenvalue weighted by Gasteiger charge is 2.23. The van der Waals surface area contributed by atoms with Crippen molar-refractivity contribution in [3.63, 3.8) is 0 Å². The van der Waals surface area contributed by atoms with Gasteiger partial charge in [0.25, 0.3) is 5.91 Å². The summed E-state index contributed by atoms with van der Waals surface area (Å²) >= 11 is 0. The van der Waals surface area contributed by atoms with Crippen molar-refractivity contribution in [3.05, 3.63) is 65.7 Å². The van der Waals surface area contributed by atoms with Gasteiger partial charge in [0.15, 0.2) is 0 Å². The topological polar surface area (TPSA) is 36.4 Å². The van der Waals surface area contributed by atoms with E-state index in [9.17, 15) is 9.18 Å². The van der Waals surface area contributed by atoms with Crippen LogP contribution in [-0.2, 0) is 6.42 Å². The van der Waals surface area contributed by atoms with E-state index in [4.69, 9.17) is 0 Å². The largest absolute Gasteiger partial charge is 0.340 e. The molecule has 1 amide bonds. The molecule has 1 atom stereocenters. The SMILES string of the molecule is CN(C[C@H]1CCCN(CCc2ccccc2F)C1)C(=O)c1ccccn1. The summed E-state index contributed by atoms with van der Waals surface area (Å²) in [7, 11) is 1.84. The third-order valence-corrected chi connectivity index (χ3v) is 5.02. The molecule has 1 aliphatic rings. The minimum absolute atomic E-state index is 0.0333. The van der Waals surface area contributed by atoms with Crippen molar-refractivity contribution in [1.82, 2.24) is 14.8 Å². The monoisotopic (exact) mass is 355 g/mol. The molecular weight excluding hydrogens is 329 g/mol. The Morgan fingerprint density at radius 1 is 1.27 bits per heavy atom. The van der Waals surface area contributed by atoms with Gasteiger partial charge in [-0.3, -0.25) is 9.78 Å². The quantitative estimate of drug-likeness (QED) is 0.798. The van der Waals surface area contributed by atoms with Crippen LogP contribution in [0.1, 0.15) is 28.9 Å². The number of nitrogens with zero attached hydrogens (tertiary/aromatic N) is 3. The van der Waals surface area contributed by atoms with E-state index >= 15 is 0 Å². The Morgan fingerprint density at radius 2 is 2.08 bits per heavy atom. The standard InChI is InChI=1S/C21H26FN3O/c1-24(21(26)20-10-4-5-12-23-20)15-17-7-6-13-25(16-17)14-11-18-8-2-3-9-19(18)22/h2-5,8-10,12,17H,6-7,11,13-16H2,1H3/t17-/m1/s1. The molecule has 1 saturated heterocycles. The number of halogens is 1. The molecule has 1 aromatic heterocycles. The molecule has 0 aliphatic carbocycles. The summed E-state index contributed by atoms with van der Waals surface area (Å²) in [5, 5.41) is 0. The first-order valence-corrected chi connectivity index (χ1v) is 9.25. The zero-order chi connectivity index (χ0) is 18.4. The Balaban J connectivity index is 1.50. The Labute approximate surface area is 154 Å². The van der Waals surface area contributed by atoms with Crippen LogP contribution < -0.4 is 0 Å². The molecule has 5 heteroatoms. The first-order chi connectivity index (χ1) is 12.6. The molecule has 0 unspecified atom stereocenters. The molecule has 26 heavy (non-hydrogen) atoms. The van der Waals surface area contributed by atoms with Gasteiger partial charge in [0.1, 0.15) is 11.5 Å². The van der Waals surface area contributed by atoms with Gasteiger partial charge in [0.2, 0.25) is 0 Å². The first-order valence-electron chi connectivity index (χ1n) is 9.25. The maximum Gasteiger partial charge on any atom is 0.272 e. The smallest absolute Gasteiger partial charge is 0.272 e. The van der Waals surface area contributed by atoms with Crippen molar-refractivity contribution in [2.24, 2.45) is 5.92 Å². The molecule has 0 radical (unpaired) electrons. The second-order valence-electron chi connectivity index (χ2n) is 7.05. The maximum atomic E-state index is 13.8. The number of hydrogen-bond donors (Lipinski definition) is 0. The molecule has 4 nitrogen and oxygen atoms in total. The summed E-state index contributed by atoms with van der Waals surface area (Å²) in [6.45, 7) is 3.58. The van der Waals surface area contributed by atoms with Gasteiger partial charge in [-0.1, -0.05) is 24.3 Å². The molecule has 2 heterocycles. The normalized spacial score (nSPS) is 17.8. The molecular formula is C21H26FN3O. The van der Waals surface area contributed by atoms with Gasteiger partial charge in [-0.05, 0) is 55.5 Å². The number of benzene rings is 1. The van der Waals surface area contributed by atoms with Crippen LogP contribution in [0.25, 0.3) is 0 Å². The number of carbonyl (C=O) groups excluding carboxylic acids is 1. The fraction of sp³-hybridized carbons (Fsp3) is 0.429. The van der Waals surface area contributed by atoms with E-state index in [2.05, 4.69) is 9.88 Å². The molecule has 2 aromatic rings. The third-order valence-electron chi connectivity index (χ3n) is 5.02. The van der Waals surface area contributed by atoms with E-state index in [1.165, 1.54) is 6.07 Å². The summed E-state index contributed by atoms with van der Waals surface area (Å²) in [5.41, 5.74) is 1.26.